The van der Waals surface area contributed by atoms with Gasteiger partial charge in [-0.05, 0) is 42.8 Å². The Morgan fingerprint density at radius 3 is 2.67 bits per heavy atom. The summed E-state index contributed by atoms with van der Waals surface area (Å²) in [7, 11) is 0. The van der Waals surface area contributed by atoms with Gasteiger partial charge in [-0.3, -0.25) is 9.69 Å². The number of hydrogen-bond donors (Lipinski definition) is 2. The largest absolute Gasteiger partial charge is 0.492 e. The fourth-order valence-corrected chi connectivity index (χ4v) is 2.64. The SMILES string of the molecule is Cc1cc[nH]c1C(=O)Nc1ccc(OCCN2CCOCC2)cc1. The van der Waals surface area contributed by atoms with Crippen molar-refractivity contribution in [2.45, 2.75) is 6.92 Å². The van der Waals surface area contributed by atoms with Crippen LogP contribution in [-0.4, -0.2) is 55.2 Å². The van der Waals surface area contributed by atoms with Gasteiger partial charge in [0.1, 0.15) is 18.1 Å². The number of aryl methyl sites for hydroxylation is 1. The average molecular weight is 329 g/mol. The van der Waals surface area contributed by atoms with Crippen molar-refractivity contribution in [2.24, 2.45) is 0 Å². The van der Waals surface area contributed by atoms with Crippen LogP contribution in [0, 0.1) is 6.92 Å². The van der Waals surface area contributed by atoms with Crippen LogP contribution in [0.25, 0.3) is 0 Å². The lowest BCUT2D eigenvalue weighted by molar-refractivity contribution is 0.0322. The van der Waals surface area contributed by atoms with Crippen molar-refractivity contribution in [1.82, 2.24) is 9.88 Å². The van der Waals surface area contributed by atoms with Crippen LogP contribution in [0.4, 0.5) is 5.69 Å². The van der Waals surface area contributed by atoms with Gasteiger partial charge in [0.2, 0.25) is 0 Å². The molecule has 1 saturated heterocycles. The van der Waals surface area contributed by atoms with E-state index in [2.05, 4.69) is 15.2 Å². The Kier molecular flexibility index (Phi) is 5.51. The fourth-order valence-electron chi connectivity index (χ4n) is 2.64. The predicted octanol–water partition coefficient (Wildman–Crippen LogP) is 2.29. The molecular weight excluding hydrogens is 306 g/mol. The second kappa shape index (κ2) is 7.99. The summed E-state index contributed by atoms with van der Waals surface area (Å²) in [6.45, 7) is 6.97. The van der Waals surface area contributed by atoms with E-state index in [1.54, 1.807) is 6.20 Å². The molecule has 0 saturated carbocycles. The number of nitrogens with zero attached hydrogens (tertiary/aromatic N) is 1. The number of benzene rings is 1. The number of ether oxygens (including phenoxy) is 2. The molecule has 1 aromatic carbocycles. The number of carbonyl (C=O) groups is 1. The number of anilines is 1. The van der Waals surface area contributed by atoms with Gasteiger partial charge in [-0.2, -0.15) is 0 Å². The minimum absolute atomic E-state index is 0.140. The van der Waals surface area contributed by atoms with Gasteiger partial charge in [-0.15, -0.1) is 0 Å². The summed E-state index contributed by atoms with van der Waals surface area (Å²) in [5, 5.41) is 2.87. The van der Waals surface area contributed by atoms with Crippen LogP contribution in [0.5, 0.6) is 5.75 Å². The second-order valence-corrected chi connectivity index (χ2v) is 5.82. The van der Waals surface area contributed by atoms with Gasteiger partial charge in [-0.25, -0.2) is 0 Å². The van der Waals surface area contributed by atoms with Gasteiger partial charge < -0.3 is 19.8 Å². The minimum Gasteiger partial charge on any atom is -0.492 e. The Balaban J connectivity index is 1.46. The molecule has 0 atom stereocenters. The first-order valence-electron chi connectivity index (χ1n) is 8.21. The standard InChI is InChI=1S/C18H23N3O3/c1-14-6-7-19-17(14)18(22)20-15-2-4-16(5-3-15)24-13-10-21-8-11-23-12-9-21/h2-7,19H,8-13H2,1H3,(H,20,22). The Labute approximate surface area is 141 Å². The topological polar surface area (TPSA) is 66.6 Å². The fraction of sp³-hybridized carbons (Fsp3) is 0.389. The normalized spacial score (nSPS) is 15.2. The third-order valence-electron chi connectivity index (χ3n) is 4.07. The molecule has 128 valence electrons. The molecule has 1 fully saturated rings. The molecule has 1 aliphatic rings. The number of H-pyrrole nitrogens is 1. The predicted molar refractivity (Wildman–Crippen MR) is 92.7 cm³/mol. The van der Waals surface area contributed by atoms with Crippen molar-refractivity contribution in [2.75, 3.05) is 44.8 Å². The lowest BCUT2D eigenvalue weighted by Crippen LogP contribution is -2.38. The molecular formula is C18H23N3O3. The summed E-state index contributed by atoms with van der Waals surface area (Å²) < 4.78 is 11.1. The highest BCUT2D eigenvalue weighted by molar-refractivity contribution is 6.03. The van der Waals surface area contributed by atoms with Gasteiger partial charge >= 0.3 is 0 Å². The van der Waals surface area contributed by atoms with Gasteiger partial charge in [0, 0.05) is 31.5 Å². The van der Waals surface area contributed by atoms with Crippen molar-refractivity contribution in [3.8, 4) is 5.75 Å². The maximum absolute atomic E-state index is 12.1. The van der Waals surface area contributed by atoms with Crippen LogP contribution in [0.2, 0.25) is 0 Å². The third kappa shape index (κ3) is 4.37. The van der Waals surface area contributed by atoms with E-state index in [-0.39, 0.29) is 5.91 Å². The van der Waals surface area contributed by atoms with Gasteiger partial charge in [-0.1, -0.05) is 0 Å². The maximum Gasteiger partial charge on any atom is 0.272 e. The summed E-state index contributed by atoms with van der Waals surface area (Å²) in [4.78, 5) is 17.4. The average Bonchev–Trinajstić information content (AvgIpc) is 3.04. The second-order valence-electron chi connectivity index (χ2n) is 5.82. The molecule has 1 aromatic heterocycles. The highest BCUT2D eigenvalue weighted by atomic mass is 16.5. The number of aromatic amines is 1. The van der Waals surface area contributed by atoms with Crippen LogP contribution in [-0.2, 0) is 4.74 Å². The summed E-state index contributed by atoms with van der Waals surface area (Å²) in [6.07, 6.45) is 1.76. The number of rotatable bonds is 6. The van der Waals surface area contributed by atoms with Crippen LogP contribution in [0.1, 0.15) is 16.1 Å². The molecule has 0 unspecified atom stereocenters. The zero-order valence-corrected chi connectivity index (χ0v) is 13.9. The molecule has 6 heteroatoms. The van der Waals surface area contributed by atoms with Gasteiger partial charge in [0.15, 0.2) is 0 Å². The molecule has 0 bridgehead atoms. The number of hydrogen-bond acceptors (Lipinski definition) is 4. The Morgan fingerprint density at radius 1 is 1.25 bits per heavy atom. The van der Waals surface area contributed by atoms with Crippen LogP contribution >= 0.6 is 0 Å². The molecule has 3 rings (SSSR count). The Morgan fingerprint density at radius 2 is 2.00 bits per heavy atom. The van der Waals surface area contributed by atoms with E-state index in [4.69, 9.17) is 9.47 Å². The monoisotopic (exact) mass is 329 g/mol. The van der Waals surface area contributed by atoms with E-state index in [0.29, 0.717) is 12.3 Å². The molecule has 6 nitrogen and oxygen atoms in total. The van der Waals surface area contributed by atoms with E-state index in [9.17, 15) is 4.79 Å². The Hall–Kier alpha value is -2.31. The highest BCUT2D eigenvalue weighted by Gasteiger charge is 2.11. The van der Waals surface area contributed by atoms with E-state index < -0.39 is 0 Å². The number of morpholine rings is 1. The maximum atomic E-state index is 12.1. The zero-order chi connectivity index (χ0) is 16.8. The summed E-state index contributed by atoms with van der Waals surface area (Å²) in [5.41, 5.74) is 2.26. The quantitative estimate of drug-likeness (QED) is 0.853. The van der Waals surface area contributed by atoms with Crippen molar-refractivity contribution in [3.63, 3.8) is 0 Å². The van der Waals surface area contributed by atoms with E-state index in [1.165, 1.54) is 0 Å². The van der Waals surface area contributed by atoms with Crippen LogP contribution < -0.4 is 10.1 Å². The Bertz CT molecular complexity index is 660. The van der Waals surface area contributed by atoms with Crippen LogP contribution in [0.3, 0.4) is 0 Å². The summed E-state index contributed by atoms with van der Waals surface area (Å²) in [6, 6.07) is 9.31. The minimum atomic E-state index is -0.140. The highest BCUT2D eigenvalue weighted by Crippen LogP contribution is 2.17. The molecule has 2 aromatic rings. The first-order valence-corrected chi connectivity index (χ1v) is 8.21. The zero-order valence-electron chi connectivity index (χ0n) is 13.9. The third-order valence-corrected chi connectivity index (χ3v) is 4.07. The van der Waals surface area contributed by atoms with Crippen molar-refractivity contribution in [3.05, 3.63) is 47.8 Å². The van der Waals surface area contributed by atoms with Crippen molar-refractivity contribution in [1.29, 1.82) is 0 Å². The number of nitrogens with one attached hydrogen (secondary N) is 2. The molecule has 1 aliphatic heterocycles. The first-order chi connectivity index (χ1) is 11.7. The van der Waals surface area contributed by atoms with E-state index >= 15 is 0 Å². The van der Waals surface area contributed by atoms with Gasteiger partial charge in [0.25, 0.3) is 5.91 Å². The van der Waals surface area contributed by atoms with Crippen molar-refractivity contribution >= 4 is 11.6 Å². The van der Waals surface area contributed by atoms with E-state index in [0.717, 1.165) is 49.8 Å². The molecule has 1 amide bonds. The molecule has 24 heavy (non-hydrogen) atoms. The summed E-state index contributed by atoms with van der Waals surface area (Å²) in [5.74, 6) is 0.663. The van der Waals surface area contributed by atoms with Crippen LogP contribution in [0.15, 0.2) is 36.5 Å². The van der Waals surface area contributed by atoms with Crippen molar-refractivity contribution < 1.29 is 14.3 Å². The smallest absolute Gasteiger partial charge is 0.272 e. The molecule has 0 aliphatic carbocycles. The van der Waals surface area contributed by atoms with Gasteiger partial charge in [0.05, 0.1) is 13.2 Å². The lowest BCUT2D eigenvalue weighted by Gasteiger charge is -2.26. The lowest BCUT2D eigenvalue weighted by atomic mass is 10.2. The molecule has 2 heterocycles. The number of aromatic nitrogens is 1. The van der Waals surface area contributed by atoms with E-state index in [1.807, 2.05) is 37.3 Å². The summed E-state index contributed by atoms with van der Waals surface area (Å²) >= 11 is 0. The first kappa shape index (κ1) is 16.5. The number of amides is 1. The molecule has 0 spiro atoms. The molecule has 0 radical (unpaired) electrons. The molecule has 2 N–H and O–H groups in total. The number of carbonyl (C=O) groups excluding carboxylic acids is 1.